The Morgan fingerprint density at radius 1 is 1.78 bits per heavy atom. The maximum absolute atomic E-state index is 10.2. The van der Waals surface area contributed by atoms with Crippen LogP contribution in [0.1, 0.15) is 6.92 Å². The smallest absolute Gasteiger partial charge is 0.130 e. The van der Waals surface area contributed by atoms with Crippen LogP contribution >= 0.6 is 0 Å². The number of carbonyl (C=O) groups is 1. The molecule has 0 aliphatic carbocycles. The molecule has 1 atom stereocenters. The van der Waals surface area contributed by atoms with Gasteiger partial charge in [0, 0.05) is 0 Å². The third kappa shape index (κ3) is 1.42. The molecule has 0 bridgehead atoms. The zero-order chi connectivity index (χ0) is 6.69. The molecule has 1 heterocycles. The summed E-state index contributed by atoms with van der Waals surface area (Å²) in [6, 6.07) is 0. The lowest BCUT2D eigenvalue weighted by Crippen LogP contribution is -1.99. The van der Waals surface area contributed by atoms with Gasteiger partial charge in [-0.3, -0.25) is 0 Å². The van der Waals surface area contributed by atoms with Gasteiger partial charge in [0.25, 0.3) is 0 Å². The van der Waals surface area contributed by atoms with Crippen LogP contribution < -0.4 is 0 Å². The summed E-state index contributed by atoms with van der Waals surface area (Å²) in [5.41, 5.74) is 0. The lowest BCUT2D eigenvalue weighted by Gasteiger charge is -2.07. The molecular formula is C7H8O2. The summed E-state index contributed by atoms with van der Waals surface area (Å²) < 4.78 is 4.93. The van der Waals surface area contributed by atoms with Gasteiger partial charge in [0.15, 0.2) is 0 Å². The summed E-state index contributed by atoms with van der Waals surface area (Å²) in [5, 5.41) is 0. The standard InChI is InChI=1S/C7H8O2/c1-6-4-7(5-8)2-3-9-6/h2-5,7H,1H3. The second-order valence-corrected chi connectivity index (χ2v) is 1.94. The predicted octanol–water partition coefficient (Wildman–Crippen LogP) is 1.25. The van der Waals surface area contributed by atoms with Crippen LogP contribution in [0.3, 0.4) is 0 Å². The third-order valence-corrected chi connectivity index (χ3v) is 1.14. The van der Waals surface area contributed by atoms with Crippen molar-refractivity contribution in [2.75, 3.05) is 0 Å². The minimum atomic E-state index is -0.0845. The zero-order valence-corrected chi connectivity index (χ0v) is 5.20. The van der Waals surface area contributed by atoms with E-state index in [9.17, 15) is 4.79 Å². The SMILES string of the molecule is CC1=CC(C=O)C=CO1. The molecule has 0 N–H and O–H groups in total. The van der Waals surface area contributed by atoms with Crippen molar-refractivity contribution < 1.29 is 9.53 Å². The first-order chi connectivity index (χ1) is 4.33. The normalized spacial score (nSPS) is 24.6. The maximum Gasteiger partial charge on any atom is 0.130 e. The predicted molar refractivity (Wildman–Crippen MR) is 33.5 cm³/mol. The van der Waals surface area contributed by atoms with Crippen molar-refractivity contribution in [1.82, 2.24) is 0 Å². The van der Waals surface area contributed by atoms with Crippen molar-refractivity contribution in [3.8, 4) is 0 Å². The highest BCUT2D eigenvalue weighted by molar-refractivity contribution is 5.60. The summed E-state index contributed by atoms with van der Waals surface area (Å²) in [6.45, 7) is 1.82. The van der Waals surface area contributed by atoms with E-state index in [1.54, 1.807) is 12.2 Å². The monoisotopic (exact) mass is 124 g/mol. The Hall–Kier alpha value is -1.05. The quantitative estimate of drug-likeness (QED) is 0.492. The number of aldehydes is 1. The van der Waals surface area contributed by atoms with Crippen LogP contribution in [0.25, 0.3) is 0 Å². The highest BCUT2D eigenvalue weighted by Gasteiger charge is 2.03. The summed E-state index contributed by atoms with van der Waals surface area (Å²) >= 11 is 0. The highest BCUT2D eigenvalue weighted by atomic mass is 16.5. The first-order valence-electron chi connectivity index (χ1n) is 2.80. The number of rotatable bonds is 1. The van der Waals surface area contributed by atoms with E-state index >= 15 is 0 Å². The van der Waals surface area contributed by atoms with E-state index in [4.69, 9.17) is 4.74 Å². The van der Waals surface area contributed by atoms with Crippen LogP contribution in [0.4, 0.5) is 0 Å². The van der Waals surface area contributed by atoms with Crippen LogP contribution in [0, 0.1) is 5.92 Å². The fourth-order valence-electron chi connectivity index (χ4n) is 0.688. The van der Waals surface area contributed by atoms with E-state index in [1.807, 2.05) is 6.92 Å². The second-order valence-electron chi connectivity index (χ2n) is 1.94. The molecule has 1 aliphatic rings. The third-order valence-electron chi connectivity index (χ3n) is 1.14. The average molecular weight is 124 g/mol. The number of allylic oxidation sites excluding steroid dienone is 3. The van der Waals surface area contributed by atoms with E-state index in [1.165, 1.54) is 6.26 Å². The molecule has 48 valence electrons. The number of hydrogen-bond donors (Lipinski definition) is 0. The molecule has 0 aromatic carbocycles. The summed E-state index contributed by atoms with van der Waals surface area (Å²) in [5.74, 6) is 0.702. The molecule has 0 aromatic rings. The molecule has 0 radical (unpaired) electrons. The first kappa shape index (κ1) is 6.08. The van der Waals surface area contributed by atoms with Gasteiger partial charge in [0.1, 0.15) is 6.29 Å². The van der Waals surface area contributed by atoms with E-state index in [0.717, 1.165) is 12.0 Å². The maximum atomic E-state index is 10.2. The van der Waals surface area contributed by atoms with Gasteiger partial charge < -0.3 is 9.53 Å². The fourth-order valence-corrected chi connectivity index (χ4v) is 0.688. The van der Waals surface area contributed by atoms with Crippen LogP contribution in [0.5, 0.6) is 0 Å². The highest BCUT2D eigenvalue weighted by Crippen LogP contribution is 2.10. The Kier molecular flexibility index (Phi) is 1.68. The minimum absolute atomic E-state index is 0.0845. The molecule has 0 aromatic heterocycles. The Morgan fingerprint density at radius 3 is 3.00 bits per heavy atom. The van der Waals surface area contributed by atoms with Gasteiger partial charge in [0.2, 0.25) is 0 Å². The van der Waals surface area contributed by atoms with Gasteiger partial charge in [-0.25, -0.2) is 0 Å². The topological polar surface area (TPSA) is 26.3 Å². The Morgan fingerprint density at radius 2 is 2.56 bits per heavy atom. The molecule has 1 unspecified atom stereocenters. The number of hydrogen-bond acceptors (Lipinski definition) is 2. The van der Waals surface area contributed by atoms with Gasteiger partial charge in [-0.15, -0.1) is 0 Å². The number of carbonyl (C=O) groups excluding carboxylic acids is 1. The van der Waals surface area contributed by atoms with Crippen molar-refractivity contribution in [3.05, 3.63) is 24.2 Å². The molecule has 9 heavy (non-hydrogen) atoms. The number of ether oxygens (including phenoxy) is 1. The van der Waals surface area contributed by atoms with Crippen LogP contribution in [-0.2, 0) is 9.53 Å². The Balaban J connectivity index is 2.65. The summed E-state index contributed by atoms with van der Waals surface area (Å²) in [4.78, 5) is 10.2. The van der Waals surface area contributed by atoms with Gasteiger partial charge >= 0.3 is 0 Å². The van der Waals surface area contributed by atoms with Gasteiger partial charge in [-0.2, -0.15) is 0 Å². The molecule has 2 heteroatoms. The van der Waals surface area contributed by atoms with Gasteiger partial charge in [-0.05, 0) is 19.1 Å². The van der Waals surface area contributed by atoms with Gasteiger partial charge in [0.05, 0.1) is 17.9 Å². The average Bonchev–Trinajstić information content (AvgIpc) is 1.88. The van der Waals surface area contributed by atoms with Crippen LogP contribution in [0.15, 0.2) is 24.2 Å². The fraction of sp³-hybridized carbons (Fsp3) is 0.286. The molecule has 0 spiro atoms. The molecule has 0 saturated carbocycles. The minimum Gasteiger partial charge on any atom is -0.470 e. The van der Waals surface area contributed by atoms with E-state index in [0.29, 0.717) is 0 Å². The summed E-state index contributed by atoms with van der Waals surface area (Å²) in [7, 11) is 0. The Bertz CT molecular complexity index is 168. The van der Waals surface area contributed by atoms with Crippen molar-refractivity contribution in [3.63, 3.8) is 0 Å². The van der Waals surface area contributed by atoms with Crippen LogP contribution in [-0.4, -0.2) is 6.29 Å². The lowest BCUT2D eigenvalue weighted by atomic mass is 10.1. The summed E-state index contributed by atoms with van der Waals surface area (Å²) in [6.07, 6.45) is 5.89. The molecule has 1 aliphatic heterocycles. The Labute approximate surface area is 53.8 Å². The lowest BCUT2D eigenvalue weighted by molar-refractivity contribution is -0.109. The molecule has 0 saturated heterocycles. The molecule has 2 nitrogen and oxygen atoms in total. The van der Waals surface area contributed by atoms with Gasteiger partial charge in [-0.1, -0.05) is 0 Å². The van der Waals surface area contributed by atoms with Crippen molar-refractivity contribution in [2.24, 2.45) is 5.92 Å². The van der Waals surface area contributed by atoms with Crippen molar-refractivity contribution in [1.29, 1.82) is 0 Å². The first-order valence-corrected chi connectivity index (χ1v) is 2.80. The van der Waals surface area contributed by atoms with E-state index in [-0.39, 0.29) is 5.92 Å². The molecule has 1 rings (SSSR count). The largest absolute Gasteiger partial charge is 0.470 e. The second kappa shape index (κ2) is 2.49. The van der Waals surface area contributed by atoms with Crippen molar-refractivity contribution >= 4 is 6.29 Å². The molecule has 0 amide bonds. The van der Waals surface area contributed by atoms with Crippen molar-refractivity contribution in [2.45, 2.75) is 6.92 Å². The van der Waals surface area contributed by atoms with E-state index in [2.05, 4.69) is 0 Å². The molecular weight excluding hydrogens is 116 g/mol. The zero-order valence-electron chi connectivity index (χ0n) is 5.20. The molecule has 0 fully saturated rings. The van der Waals surface area contributed by atoms with Crippen LogP contribution in [0.2, 0.25) is 0 Å². The van der Waals surface area contributed by atoms with E-state index < -0.39 is 0 Å².